The fraction of sp³-hybridized carbons (Fsp3) is 0.632. The van der Waals surface area contributed by atoms with Crippen molar-refractivity contribution in [2.75, 3.05) is 25.0 Å². The molecule has 0 saturated heterocycles. The van der Waals surface area contributed by atoms with Crippen molar-refractivity contribution in [3.63, 3.8) is 0 Å². The number of anilines is 1. The molecule has 1 aromatic carbocycles. The summed E-state index contributed by atoms with van der Waals surface area (Å²) in [6, 6.07) is 8.43. The van der Waals surface area contributed by atoms with E-state index in [2.05, 4.69) is 43.1 Å². The van der Waals surface area contributed by atoms with Crippen molar-refractivity contribution in [2.24, 2.45) is 0 Å². The first-order valence-electron chi connectivity index (χ1n) is 8.79. The lowest BCUT2D eigenvalue weighted by atomic mass is 10.1. The monoisotopic (exact) mass is 302 g/mol. The molecule has 1 aliphatic heterocycles. The minimum Gasteiger partial charge on any atom is -0.373 e. The third kappa shape index (κ3) is 4.75. The number of benzene rings is 1. The Kier molecular flexibility index (Phi) is 6.75. The first-order valence-corrected chi connectivity index (χ1v) is 8.79. The molecule has 0 fully saturated rings. The zero-order chi connectivity index (χ0) is 15.8. The Labute approximate surface area is 135 Å². The lowest BCUT2D eigenvalue weighted by Crippen LogP contribution is -2.34. The Hall–Kier alpha value is -1.51. The molecule has 1 amide bonds. The average Bonchev–Trinajstić information content (AvgIpc) is 2.70. The van der Waals surface area contributed by atoms with Crippen LogP contribution in [0.4, 0.5) is 5.69 Å². The normalized spacial score (nSPS) is 14.6. The van der Waals surface area contributed by atoms with Gasteiger partial charge in [0.1, 0.15) is 0 Å². The molecule has 0 aromatic heterocycles. The van der Waals surface area contributed by atoms with Gasteiger partial charge in [0.25, 0.3) is 0 Å². The smallest absolute Gasteiger partial charge is 0.222 e. The highest BCUT2D eigenvalue weighted by Gasteiger charge is 2.20. The highest BCUT2D eigenvalue weighted by molar-refractivity contribution is 5.76. The second-order valence-corrected chi connectivity index (χ2v) is 6.38. The van der Waals surface area contributed by atoms with Gasteiger partial charge in [-0.2, -0.15) is 0 Å². The van der Waals surface area contributed by atoms with Crippen LogP contribution in [0.3, 0.4) is 0 Å². The molecule has 0 unspecified atom stereocenters. The Balaban J connectivity index is 1.81. The molecule has 0 saturated carbocycles. The van der Waals surface area contributed by atoms with Crippen molar-refractivity contribution in [2.45, 2.75) is 58.4 Å². The molecule has 3 heteroatoms. The summed E-state index contributed by atoms with van der Waals surface area (Å²) in [5, 5.41) is 0. The van der Waals surface area contributed by atoms with Crippen LogP contribution in [0.15, 0.2) is 24.3 Å². The SMILES string of the molecule is CCCCCCCCC(=O)N1CCN(C)c2ccccc2C1. The number of rotatable bonds is 7. The van der Waals surface area contributed by atoms with Gasteiger partial charge < -0.3 is 9.80 Å². The van der Waals surface area contributed by atoms with Crippen molar-refractivity contribution in [3.8, 4) is 0 Å². The molecule has 0 N–H and O–H groups in total. The molecule has 0 bridgehead atoms. The standard InChI is InChI=1S/C19H30N2O/c1-3-4-5-6-7-8-13-19(22)21-15-14-20(2)18-12-10-9-11-17(18)16-21/h9-12H,3-8,13-16H2,1-2H3. The molecule has 1 heterocycles. The van der Waals surface area contributed by atoms with E-state index < -0.39 is 0 Å². The fourth-order valence-corrected chi connectivity index (χ4v) is 3.12. The van der Waals surface area contributed by atoms with Gasteiger partial charge in [-0.15, -0.1) is 0 Å². The van der Waals surface area contributed by atoms with Crippen molar-refractivity contribution in [1.29, 1.82) is 0 Å². The highest BCUT2D eigenvalue weighted by atomic mass is 16.2. The Morgan fingerprint density at radius 2 is 1.77 bits per heavy atom. The Bertz CT molecular complexity index is 472. The van der Waals surface area contributed by atoms with Crippen molar-refractivity contribution < 1.29 is 4.79 Å². The molecule has 1 aliphatic rings. The molecular formula is C19H30N2O. The lowest BCUT2D eigenvalue weighted by molar-refractivity contribution is -0.131. The maximum atomic E-state index is 12.5. The summed E-state index contributed by atoms with van der Waals surface area (Å²) >= 11 is 0. The zero-order valence-corrected chi connectivity index (χ0v) is 14.2. The predicted molar refractivity (Wildman–Crippen MR) is 93.1 cm³/mol. The second-order valence-electron chi connectivity index (χ2n) is 6.38. The predicted octanol–water partition coefficient (Wildman–Crippen LogP) is 4.22. The average molecular weight is 302 g/mol. The molecule has 0 spiro atoms. The maximum absolute atomic E-state index is 12.5. The van der Waals surface area contributed by atoms with E-state index in [1.54, 1.807) is 0 Å². The first kappa shape index (κ1) is 16.9. The minimum absolute atomic E-state index is 0.320. The topological polar surface area (TPSA) is 23.6 Å². The number of carbonyl (C=O) groups is 1. The van der Waals surface area contributed by atoms with Gasteiger partial charge in [-0.05, 0) is 18.1 Å². The molecule has 0 radical (unpaired) electrons. The van der Waals surface area contributed by atoms with Gasteiger partial charge in [-0.1, -0.05) is 57.2 Å². The van der Waals surface area contributed by atoms with E-state index in [-0.39, 0.29) is 0 Å². The molecule has 1 aromatic rings. The van der Waals surface area contributed by atoms with Crippen LogP contribution in [0.1, 0.15) is 57.4 Å². The summed E-state index contributed by atoms with van der Waals surface area (Å²) in [6.45, 7) is 4.74. The van der Waals surface area contributed by atoms with Crippen molar-refractivity contribution >= 4 is 11.6 Å². The van der Waals surface area contributed by atoms with E-state index in [1.165, 1.54) is 43.4 Å². The summed E-state index contributed by atoms with van der Waals surface area (Å²) in [5.41, 5.74) is 2.52. The summed E-state index contributed by atoms with van der Waals surface area (Å²) < 4.78 is 0. The highest BCUT2D eigenvalue weighted by Crippen LogP contribution is 2.24. The molecule has 22 heavy (non-hydrogen) atoms. The van der Waals surface area contributed by atoms with Crippen molar-refractivity contribution in [1.82, 2.24) is 4.90 Å². The van der Waals surface area contributed by atoms with Gasteiger partial charge >= 0.3 is 0 Å². The van der Waals surface area contributed by atoms with Crippen LogP contribution >= 0.6 is 0 Å². The van der Waals surface area contributed by atoms with E-state index in [9.17, 15) is 4.79 Å². The molecule has 3 nitrogen and oxygen atoms in total. The van der Waals surface area contributed by atoms with Gasteiger partial charge in [0.05, 0.1) is 0 Å². The number of likely N-dealkylation sites (N-methyl/N-ethyl adjacent to an activating group) is 1. The van der Waals surface area contributed by atoms with E-state index in [0.29, 0.717) is 12.3 Å². The van der Waals surface area contributed by atoms with Crippen LogP contribution in [-0.4, -0.2) is 30.9 Å². The van der Waals surface area contributed by atoms with Crippen LogP contribution in [0.25, 0.3) is 0 Å². The zero-order valence-electron chi connectivity index (χ0n) is 14.2. The number of para-hydroxylation sites is 1. The lowest BCUT2D eigenvalue weighted by Gasteiger charge is -2.21. The summed E-state index contributed by atoms with van der Waals surface area (Å²) in [5.74, 6) is 0.320. The first-order chi connectivity index (χ1) is 10.7. The van der Waals surface area contributed by atoms with Crippen LogP contribution in [-0.2, 0) is 11.3 Å². The second kappa shape index (κ2) is 8.82. The van der Waals surface area contributed by atoms with E-state index >= 15 is 0 Å². The summed E-state index contributed by atoms with van der Waals surface area (Å²) in [6.07, 6.45) is 8.12. The largest absolute Gasteiger partial charge is 0.373 e. The third-order valence-electron chi connectivity index (χ3n) is 4.57. The Morgan fingerprint density at radius 3 is 2.59 bits per heavy atom. The molecule has 0 aliphatic carbocycles. The van der Waals surface area contributed by atoms with E-state index in [4.69, 9.17) is 0 Å². The number of nitrogens with zero attached hydrogens (tertiary/aromatic N) is 2. The third-order valence-corrected chi connectivity index (χ3v) is 4.57. The molecule has 0 atom stereocenters. The van der Waals surface area contributed by atoms with Crippen LogP contribution in [0, 0.1) is 0 Å². The van der Waals surface area contributed by atoms with Gasteiger partial charge in [-0.3, -0.25) is 4.79 Å². The van der Waals surface area contributed by atoms with E-state index in [0.717, 1.165) is 26.1 Å². The Morgan fingerprint density at radius 1 is 1.05 bits per heavy atom. The number of hydrogen-bond acceptors (Lipinski definition) is 2. The number of unbranched alkanes of at least 4 members (excludes halogenated alkanes) is 5. The van der Waals surface area contributed by atoms with Gasteiger partial charge in [0.2, 0.25) is 5.91 Å². The number of fused-ring (bicyclic) bond motifs is 1. The quantitative estimate of drug-likeness (QED) is 0.704. The molecular weight excluding hydrogens is 272 g/mol. The maximum Gasteiger partial charge on any atom is 0.222 e. The van der Waals surface area contributed by atoms with Gasteiger partial charge in [0, 0.05) is 38.8 Å². The number of hydrogen-bond donors (Lipinski definition) is 0. The number of amides is 1. The summed E-state index contributed by atoms with van der Waals surface area (Å²) in [7, 11) is 2.11. The van der Waals surface area contributed by atoms with Gasteiger partial charge in [-0.25, -0.2) is 0 Å². The molecule has 122 valence electrons. The van der Waals surface area contributed by atoms with Crippen LogP contribution in [0.5, 0.6) is 0 Å². The number of carbonyl (C=O) groups excluding carboxylic acids is 1. The van der Waals surface area contributed by atoms with Crippen molar-refractivity contribution in [3.05, 3.63) is 29.8 Å². The fourth-order valence-electron chi connectivity index (χ4n) is 3.12. The summed E-state index contributed by atoms with van der Waals surface area (Å²) in [4.78, 5) is 16.8. The van der Waals surface area contributed by atoms with Crippen LogP contribution < -0.4 is 4.90 Å². The van der Waals surface area contributed by atoms with Gasteiger partial charge in [0.15, 0.2) is 0 Å². The van der Waals surface area contributed by atoms with E-state index in [1.807, 2.05) is 4.90 Å². The van der Waals surface area contributed by atoms with Crippen LogP contribution in [0.2, 0.25) is 0 Å². The minimum atomic E-state index is 0.320. The molecule has 2 rings (SSSR count).